The molecule has 4 heteroatoms. The van der Waals surface area contributed by atoms with Crippen molar-refractivity contribution in [2.75, 3.05) is 11.9 Å². The minimum absolute atomic E-state index is 0.191. The number of hydrogen-bond donors (Lipinski definition) is 1. The first-order chi connectivity index (χ1) is 10.1. The van der Waals surface area contributed by atoms with Crippen LogP contribution in [-0.2, 0) is 6.42 Å². The molecule has 112 valence electrons. The van der Waals surface area contributed by atoms with Gasteiger partial charge in [-0.05, 0) is 50.1 Å². The predicted molar refractivity (Wildman–Crippen MR) is 85.8 cm³/mol. The van der Waals surface area contributed by atoms with Crippen LogP contribution in [0, 0.1) is 5.82 Å². The van der Waals surface area contributed by atoms with Gasteiger partial charge in [0.25, 0.3) is 0 Å². The Morgan fingerprint density at radius 2 is 1.90 bits per heavy atom. The van der Waals surface area contributed by atoms with Gasteiger partial charge in [-0.15, -0.1) is 0 Å². The van der Waals surface area contributed by atoms with Crippen molar-refractivity contribution >= 4 is 17.3 Å². The van der Waals surface area contributed by atoms with E-state index in [0.717, 1.165) is 17.1 Å². The highest BCUT2D eigenvalue weighted by Crippen LogP contribution is 2.26. The molecule has 0 aromatic heterocycles. The second-order valence-corrected chi connectivity index (χ2v) is 5.39. The van der Waals surface area contributed by atoms with Crippen molar-refractivity contribution in [3.63, 3.8) is 0 Å². The van der Waals surface area contributed by atoms with Gasteiger partial charge in [0.2, 0.25) is 0 Å². The number of benzene rings is 2. The van der Waals surface area contributed by atoms with Crippen molar-refractivity contribution in [1.29, 1.82) is 0 Å². The Labute approximate surface area is 129 Å². The maximum Gasteiger partial charge on any atom is 0.145 e. The fourth-order valence-corrected chi connectivity index (χ4v) is 2.31. The van der Waals surface area contributed by atoms with Crippen LogP contribution in [0.4, 0.5) is 10.1 Å². The van der Waals surface area contributed by atoms with E-state index < -0.39 is 0 Å². The summed E-state index contributed by atoms with van der Waals surface area (Å²) in [5.74, 6) is 0.245. The summed E-state index contributed by atoms with van der Waals surface area (Å²) >= 11 is 5.88. The summed E-state index contributed by atoms with van der Waals surface area (Å²) in [6.45, 7) is 4.46. The van der Waals surface area contributed by atoms with E-state index in [0.29, 0.717) is 12.4 Å². The number of hydrogen-bond acceptors (Lipinski definition) is 2. The minimum atomic E-state index is -0.297. The lowest BCUT2D eigenvalue weighted by Gasteiger charge is -2.18. The van der Waals surface area contributed by atoms with Gasteiger partial charge in [-0.2, -0.15) is 0 Å². The Bertz CT molecular complexity index is 586. The average Bonchev–Trinajstić information content (AvgIpc) is 2.45. The molecule has 21 heavy (non-hydrogen) atoms. The van der Waals surface area contributed by atoms with E-state index in [1.54, 1.807) is 6.07 Å². The summed E-state index contributed by atoms with van der Waals surface area (Å²) in [6, 6.07) is 12.5. The van der Waals surface area contributed by atoms with Gasteiger partial charge in [0, 0.05) is 17.1 Å². The molecule has 0 fully saturated rings. The first-order valence-corrected chi connectivity index (χ1v) is 7.39. The van der Waals surface area contributed by atoms with E-state index in [1.807, 2.05) is 31.2 Å². The van der Waals surface area contributed by atoms with E-state index in [9.17, 15) is 4.39 Å². The highest BCUT2D eigenvalue weighted by molar-refractivity contribution is 6.30. The lowest BCUT2D eigenvalue weighted by atomic mass is 10.1. The van der Waals surface area contributed by atoms with Crippen LogP contribution in [-0.4, -0.2) is 12.6 Å². The van der Waals surface area contributed by atoms with Crippen LogP contribution in [0.1, 0.15) is 19.4 Å². The quantitative estimate of drug-likeness (QED) is 0.817. The molecule has 2 aromatic rings. The molecule has 0 radical (unpaired) electrons. The van der Waals surface area contributed by atoms with Crippen molar-refractivity contribution in [2.24, 2.45) is 0 Å². The molecule has 0 amide bonds. The molecule has 0 saturated carbocycles. The van der Waals surface area contributed by atoms with Crippen LogP contribution in [0.3, 0.4) is 0 Å². The van der Waals surface area contributed by atoms with Crippen molar-refractivity contribution < 1.29 is 9.13 Å². The molecular formula is C17H19ClFNO. The first-order valence-electron chi connectivity index (χ1n) is 7.02. The lowest BCUT2D eigenvalue weighted by molar-refractivity contribution is 0.339. The van der Waals surface area contributed by atoms with Crippen LogP contribution in [0.15, 0.2) is 42.5 Å². The largest absolute Gasteiger partial charge is 0.492 e. The van der Waals surface area contributed by atoms with Crippen LogP contribution >= 0.6 is 11.6 Å². The van der Waals surface area contributed by atoms with Crippen LogP contribution in [0.2, 0.25) is 5.02 Å². The summed E-state index contributed by atoms with van der Waals surface area (Å²) in [5.41, 5.74) is 2.00. The summed E-state index contributed by atoms with van der Waals surface area (Å²) in [6.07, 6.45) is 0.847. The maximum atomic E-state index is 13.3. The third-order valence-electron chi connectivity index (χ3n) is 3.10. The Morgan fingerprint density at radius 1 is 1.19 bits per heavy atom. The standard InChI is InChI=1S/C17H19ClFNO/c1-3-21-17-11-15(19)8-9-16(17)20-12(2)10-13-4-6-14(18)7-5-13/h4-9,11-12,20H,3,10H2,1-2H3. The topological polar surface area (TPSA) is 21.3 Å². The second-order valence-electron chi connectivity index (χ2n) is 4.95. The Kier molecular flexibility index (Phi) is 5.45. The molecule has 2 aromatic carbocycles. The molecule has 0 bridgehead atoms. The zero-order valence-electron chi connectivity index (χ0n) is 12.2. The zero-order chi connectivity index (χ0) is 15.2. The van der Waals surface area contributed by atoms with Gasteiger partial charge in [-0.3, -0.25) is 0 Å². The number of rotatable bonds is 6. The van der Waals surface area contributed by atoms with E-state index in [4.69, 9.17) is 16.3 Å². The molecule has 0 aliphatic rings. The molecule has 2 nitrogen and oxygen atoms in total. The van der Waals surface area contributed by atoms with Gasteiger partial charge in [0.05, 0.1) is 12.3 Å². The highest BCUT2D eigenvalue weighted by atomic mass is 35.5. The fraction of sp³-hybridized carbons (Fsp3) is 0.294. The third-order valence-corrected chi connectivity index (χ3v) is 3.35. The number of ether oxygens (including phenoxy) is 1. The minimum Gasteiger partial charge on any atom is -0.492 e. The number of anilines is 1. The molecular weight excluding hydrogens is 289 g/mol. The van der Waals surface area contributed by atoms with Crippen LogP contribution < -0.4 is 10.1 Å². The monoisotopic (exact) mass is 307 g/mol. The Hall–Kier alpha value is -1.74. The SMILES string of the molecule is CCOc1cc(F)ccc1NC(C)Cc1ccc(Cl)cc1. The normalized spacial score (nSPS) is 12.0. The van der Waals surface area contributed by atoms with E-state index >= 15 is 0 Å². The smallest absolute Gasteiger partial charge is 0.145 e. The highest BCUT2D eigenvalue weighted by Gasteiger charge is 2.09. The van der Waals surface area contributed by atoms with Gasteiger partial charge in [0.1, 0.15) is 11.6 Å². The molecule has 0 spiro atoms. The second kappa shape index (κ2) is 7.32. The molecule has 1 unspecified atom stereocenters. The number of nitrogens with one attached hydrogen (secondary N) is 1. The molecule has 0 saturated heterocycles. The maximum absolute atomic E-state index is 13.3. The summed E-state index contributed by atoms with van der Waals surface area (Å²) < 4.78 is 18.7. The van der Waals surface area contributed by atoms with Crippen molar-refractivity contribution in [3.8, 4) is 5.75 Å². The number of halogens is 2. The average molecular weight is 308 g/mol. The van der Waals surface area contributed by atoms with E-state index in [1.165, 1.54) is 17.7 Å². The van der Waals surface area contributed by atoms with Gasteiger partial charge < -0.3 is 10.1 Å². The van der Waals surface area contributed by atoms with Crippen LogP contribution in [0.5, 0.6) is 5.75 Å². The van der Waals surface area contributed by atoms with E-state index in [2.05, 4.69) is 12.2 Å². The fourth-order valence-electron chi connectivity index (χ4n) is 2.18. The van der Waals surface area contributed by atoms with Gasteiger partial charge in [0.15, 0.2) is 0 Å². The Balaban J connectivity index is 2.05. The molecule has 1 atom stereocenters. The molecule has 0 aliphatic carbocycles. The zero-order valence-corrected chi connectivity index (χ0v) is 13.0. The van der Waals surface area contributed by atoms with E-state index in [-0.39, 0.29) is 11.9 Å². The molecule has 2 rings (SSSR count). The van der Waals surface area contributed by atoms with Crippen molar-refractivity contribution in [2.45, 2.75) is 26.3 Å². The van der Waals surface area contributed by atoms with Crippen LogP contribution in [0.25, 0.3) is 0 Å². The van der Waals surface area contributed by atoms with Gasteiger partial charge in [-0.1, -0.05) is 23.7 Å². The lowest BCUT2D eigenvalue weighted by Crippen LogP contribution is -2.18. The van der Waals surface area contributed by atoms with Crippen molar-refractivity contribution in [1.82, 2.24) is 0 Å². The predicted octanol–water partition coefficient (Wildman–Crippen LogP) is 4.92. The van der Waals surface area contributed by atoms with Crippen molar-refractivity contribution in [3.05, 3.63) is 58.9 Å². The van der Waals surface area contributed by atoms with Gasteiger partial charge >= 0.3 is 0 Å². The third kappa shape index (κ3) is 4.64. The van der Waals surface area contributed by atoms with Gasteiger partial charge in [-0.25, -0.2) is 4.39 Å². The molecule has 1 N–H and O–H groups in total. The summed E-state index contributed by atoms with van der Waals surface area (Å²) in [4.78, 5) is 0. The summed E-state index contributed by atoms with van der Waals surface area (Å²) in [5, 5.41) is 4.09. The summed E-state index contributed by atoms with van der Waals surface area (Å²) in [7, 11) is 0. The first kappa shape index (κ1) is 15.6. The molecule has 0 heterocycles. The molecule has 0 aliphatic heterocycles. The Morgan fingerprint density at radius 3 is 2.57 bits per heavy atom.